The van der Waals surface area contributed by atoms with E-state index in [-0.39, 0.29) is 6.54 Å². The Kier molecular flexibility index (Phi) is 6.83. The van der Waals surface area contributed by atoms with Crippen molar-refractivity contribution in [3.8, 4) is 0 Å². The summed E-state index contributed by atoms with van der Waals surface area (Å²) in [4.78, 5) is 12.3. The first kappa shape index (κ1) is 20.1. The van der Waals surface area contributed by atoms with Crippen LogP contribution >= 0.6 is 39.0 Å². The topological polar surface area (TPSA) is 92.3 Å². The van der Waals surface area contributed by atoms with Crippen LogP contribution in [0, 0.1) is 6.92 Å². The van der Waals surface area contributed by atoms with Gasteiger partial charge in [-0.1, -0.05) is 46.0 Å². The smallest absolute Gasteiger partial charge is 0.246 e. The van der Waals surface area contributed by atoms with Crippen molar-refractivity contribution in [3.63, 3.8) is 0 Å². The van der Waals surface area contributed by atoms with Gasteiger partial charge in [-0.2, -0.15) is 0 Å². The highest BCUT2D eigenvalue weighted by Gasteiger charge is 2.22. The number of nitrogens with zero attached hydrogens (tertiary/aromatic N) is 3. The molecule has 0 saturated heterocycles. The van der Waals surface area contributed by atoms with Crippen LogP contribution in [0.3, 0.4) is 0 Å². The molecule has 0 aliphatic rings. The number of anilines is 2. The second kappa shape index (κ2) is 8.47. The molecule has 0 unspecified atom stereocenters. The molecule has 1 heterocycles. The fraction of sp³-hybridized carbons (Fsp3) is 0.357. The summed E-state index contributed by atoms with van der Waals surface area (Å²) in [5, 5.41) is 10.8. The number of aryl methyl sites for hydroxylation is 1. The second-order valence-electron chi connectivity index (χ2n) is 5.06. The van der Waals surface area contributed by atoms with Crippen LogP contribution in [0.4, 0.5) is 10.8 Å². The molecule has 0 saturated carbocycles. The maximum absolute atomic E-state index is 12.3. The van der Waals surface area contributed by atoms with Gasteiger partial charge in [0.05, 0.1) is 11.9 Å². The van der Waals surface area contributed by atoms with Crippen molar-refractivity contribution >= 4 is 65.8 Å². The van der Waals surface area contributed by atoms with Crippen LogP contribution in [0.2, 0.25) is 0 Å². The van der Waals surface area contributed by atoms with Crippen LogP contribution in [-0.4, -0.2) is 43.1 Å². The highest BCUT2D eigenvalue weighted by Crippen LogP contribution is 2.26. The first-order chi connectivity index (χ1) is 11.7. The van der Waals surface area contributed by atoms with Gasteiger partial charge in [0.15, 0.2) is 4.34 Å². The Morgan fingerprint density at radius 1 is 1.40 bits per heavy atom. The van der Waals surface area contributed by atoms with Gasteiger partial charge < -0.3 is 0 Å². The average Bonchev–Trinajstić information content (AvgIpc) is 2.94. The summed E-state index contributed by atoms with van der Waals surface area (Å²) in [5.74, 6) is 0.378. The predicted octanol–water partition coefficient (Wildman–Crippen LogP) is 3.13. The van der Waals surface area contributed by atoms with E-state index in [2.05, 4.69) is 31.4 Å². The lowest BCUT2D eigenvalue weighted by atomic mass is 10.2. The van der Waals surface area contributed by atoms with E-state index >= 15 is 0 Å². The zero-order valence-corrected chi connectivity index (χ0v) is 17.9. The fourth-order valence-electron chi connectivity index (χ4n) is 1.92. The number of amides is 1. The van der Waals surface area contributed by atoms with Crippen LogP contribution < -0.4 is 9.62 Å². The van der Waals surface area contributed by atoms with E-state index in [1.165, 1.54) is 23.1 Å². The summed E-state index contributed by atoms with van der Waals surface area (Å²) >= 11 is 6.16. The Labute approximate surface area is 163 Å². The molecule has 0 fully saturated rings. The van der Waals surface area contributed by atoms with Gasteiger partial charge in [0.25, 0.3) is 0 Å². The normalized spacial score (nSPS) is 11.4. The molecule has 25 heavy (non-hydrogen) atoms. The number of nitrogens with one attached hydrogen (secondary N) is 1. The van der Waals surface area contributed by atoms with Gasteiger partial charge in [-0.05, 0) is 36.4 Å². The Morgan fingerprint density at radius 3 is 2.72 bits per heavy atom. The lowest BCUT2D eigenvalue weighted by Crippen LogP contribution is -2.37. The third kappa shape index (κ3) is 5.66. The summed E-state index contributed by atoms with van der Waals surface area (Å²) < 4.78 is 26.9. The van der Waals surface area contributed by atoms with E-state index in [0.717, 1.165) is 30.7 Å². The first-order valence-corrected chi connectivity index (χ1v) is 11.6. The van der Waals surface area contributed by atoms with Crippen molar-refractivity contribution in [1.29, 1.82) is 0 Å². The lowest BCUT2D eigenvalue weighted by Gasteiger charge is -2.22. The summed E-state index contributed by atoms with van der Waals surface area (Å²) in [6.07, 6.45) is 1.07. The second-order valence-corrected chi connectivity index (χ2v) is 10.3. The van der Waals surface area contributed by atoms with Crippen LogP contribution in [0.5, 0.6) is 0 Å². The third-order valence-electron chi connectivity index (χ3n) is 3.04. The van der Waals surface area contributed by atoms with E-state index in [0.29, 0.717) is 10.8 Å². The first-order valence-electron chi connectivity index (χ1n) is 7.20. The summed E-state index contributed by atoms with van der Waals surface area (Å²) in [5.41, 5.74) is 1.30. The van der Waals surface area contributed by atoms with Crippen LogP contribution in [0.1, 0.15) is 12.5 Å². The summed E-state index contributed by atoms with van der Waals surface area (Å²) in [6, 6.07) is 5.10. The van der Waals surface area contributed by atoms with E-state index in [9.17, 15) is 13.2 Å². The number of rotatable bonds is 7. The van der Waals surface area contributed by atoms with Crippen molar-refractivity contribution in [2.24, 2.45) is 0 Å². The average molecular weight is 465 g/mol. The number of carbonyl (C=O) groups excluding carboxylic acids is 1. The third-order valence-corrected chi connectivity index (χ3v) is 6.92. The minimum absolute atomic E-state index is 0.338. The SMILES string of the molecule is CCSc1nnc(NC(=O)CN(c2ccc(Br)c(C)c2)S(C)(=O)=O)s1. The van der Waals surface area contributed by atoms with Crippen LogP contribution in [0.15, 0.2) is 27.0 Å². The molecule has 0 radical (unpaired) electrons. The Hall–Kier alpha value is -1.17. The van der Waals surface area contributed by atoms with Crippen LogP contribution in [0.25, 0.3) is 0 Å². The molecule has 1 amide bonds. The monoisotopic (exact) mass is 464 g/mol. The van der Waals surface area contributed by atoms with Gasteiger partial charge in [-0.25, -0.2) is 8.42 Å². The number of hydrogen-bond acceptors (Lipinski definition) is 7. The zero-order chi connectivity index (χ0) is 18.6. The molecule has 7 nitrogen and oxygen atoms in total. The molecular weight excluding hydrogens is 448 g/mol. The molecule has 11 heteroatoms. The molecule has 0 spiro atoms. The molecule has 1 N–H and O–H groups in total. The highest BCUT2D eigenvalue weighted by atomic mass is 79.9. The van der Waals surface area contributed by atoms with E-state index in [4.69, 9.17) is 0 Å². The standard InChI is InChI=1S/C14H17BrN4O3S3/c1-4-23-14-18-17-13(24-14)16-12(20)8-19(25(3,21)22)10-5-6-11(15)9(2)7-10/h5-7H,4,8H2,1-3H3,(H,16,17,20). The van der Waals surface area contributed by atoms with Crippen molar-refractivity contribution in [2.75, 3.05) is 28.2 Å². The molecular formula is C14H17BrN4O3S3. The summed E-state index contributed by atoms with van der Waals surface area (Å²) in [6.45, 7) is 3.51. The number of thioether (sulfide) groups is 1. The van der Waals surface area contributed by atoms with Crippen molar-refractivity contribution in [2.45, 2.75) is 18.2 Å². The number of benzene rings is 1. The number of hydrogen-bond donors (Lipinski definition) is 1. The minimum atomic E-state index is -3.62. The maximum atomic E-state index is 12.3. The molecule has 1 aromatic carbocycles. The molecule has 2 rings (SSSR count). The number of sulfonamides is 1. The maximum Gasteiger partial charge on any atom is 0.246 e. The van der Waals surface area contributed by atoms with E-state index in [1.54, 1.807) is 18.2 Å². The number of halogens is 1. The number of aromatic nitrogens is 2. The molecule has 1 aromatic heterocycles. The lowest BCUT2D eigenvalue weighted by molar-refractivity contribution is -0.114. The molecule has 136 valence electrons. The fourth-order valence-corrected chi connectivity index (χ4v) is 4.68. The van der Waals surface area contributed by atoms with Crippen LogP contribution in [-0.2, 0) is 14.8 Å². The zero-order valence-electron chi connectivity index (χ0n) is 13.8. The van der Waals surface area contributed by atoms with Gasteiger partial charge in [0.1, 0.15) is 6.54 Å². The molecule has 2 aromatic rings. The number of carbonyl (C=O) groups is 1. The predicted molar refractivity (Wildman–Crippen MR) is 106 cm³/mol. The largest absolute Gasteiger partial charge is 0.299 e. The molecule has 0 aliphatic carbocycles. The van der Waals surface area contributed by atoms with Gasteiger partial charge in [-0.15, -0.1) is 10.2 Å². The van der Waals surface area contributed by atoms with Crippen molar-refractivity contribution in [3.05, 3.63) is 28.2 Å². The van der Waals surface area contributed by atoms with Crippen molar-refractivity contribution < 1.29 is 13.2 Å². The van der Waals surface area contributed by atoms with Gasteiger partial charge in [-0.3, -0.25) is 14.4 Å². The Bertz CT molecular complexity index is 870. The summed E-state index contributed by atoms with van der Waals surface area (Å²) in [7, 11) is -3.62. The van der Waals surface area contributed by atoms with E-state index in [1.807, 2.05) is 13.8 Å². The van der Waals surface area contributed by atoms with Gasteiger partial charge >= 0.3 is 0 Å². The Balaban J connectivity index is 2.16. The molecule has 0 bridgehead atoms. The quantitative estimate of drug-likeness (QED) is 0.499. The highest BCUT2D eigenvalue weighted by molar-refractivity contribution is 9.10. The van der Waals surface area contributed by atoms with E-state index < -0.39 is 15.9 Å². The minimum Gasteiger partial charge on any atom is -0.299 e. The van der Waals surface area contributed by atoms with Crippen molar-refractivity contribution in [1.82, 2.24) is 10.2 Å². The molecule has 0 aliphatic heterocycles. The Morgan fingerprint density at radius 2 is 2.12 bits per heavy atom. The van der Waals surface area contributed by atoms with Gasteiger partial charge in [0, 0.05) is 4.47 Å². The van der Waals surface area contributed by atoms with Gasteiger partial charge in [0.2, 0.25) is 21.1 Å². The molecule has 0 atom stereocenters.